The number of halogens is 3. The molecule has 0 aliphatic rings. The maximum Gasteiger partial charge on any atom is 0.168 e. The molecule has 2 rings (SSSR count). The van der Waals surface area contributed by atoms with E-state index in [2.05, 4.69) is 20.7 Å². The molecule has 0 spiro atoms. The first-order chi connectivity index (χ1) is 9.06. The molecular formula is C11H7Cl3N4O. The van der Waals surface area contributed by atoms with Crippen LogP contribution in [0.15, 0.2) is 29.4 Å². The van der Waals surface area contributed by atoms with Crippen molar-refractivity contribution in [1.82, 2.24) is 10.2 Å². The van der Waals surface area contributed by atoms with Crippen molar-refractivity contribution >= 4 is 46.8 Å². The molecule has 0 aliphatic heterocycles. The molecule has 0 radical (unpaired) electrons. The van der Waals surface area contributed by atoms with E-state index in [9.17, 15) is 5.11 Å². The summed E-state index contributed by atoms with van der Waals surface area (Å²) in [5.41, 5.74) is 3.01. The maximum atomic E-state index is 9.70. The van der Waals surface area contributed by atoms with Crippen LogP contribution in [0.3, 0.4) is 0 Å². The molecule has 0 saturated heterocycles. The van der Waals surface area contributed by atoms with Crippen molar-refractivity contribution in [3.63, 3.8) is 0 Å². The molecule has 2 aromatic rings. The van der Waals surface area contributed by atoms with Gasteiger partial charge in [0.05, 0.1) is 11.2 Å². The molecule has 19 heavy (non-hydrogen) atoms. The molecule has 1 aromatic heterocycles. The summed E-state index contributed by atoms with van der Waals surface area (Å²) in [6, 6.07) is 6.15. The molecule has 1 heterocycles. The van der Waals surface area contributed by atoms with Crippen molar-refractivity contribution in [3.8, 4) is 5.75 Å². The third-order valence-corrected chi connectivity index (χ3v) is 2.78. The van der Waals surface area contributed by atoms with Gasteiger partial charge in [0.2, 0.25) is 0 Å². The van der Waals surface area contributed by atoms with Crippen molar-refractivity contribution in [2.45, 2.75) is 0 Å². The molecule has 0 saturated carbocycles. The minimum atomic E-state index is -0.0983. The summed E-state index contributed by atoms with van der Waals surface area (Å²) in [6.45, 7) is 0. The van der Waals surface area contributed by atoms with E-state index >= 15 is 0 Å². The Morgan fingerprint density at radius 2 is 1.95 bits per heavy atom. The average molecular weight is 318 g/mol. The van der Waals surface area contributed by atoms with E-state index in [0.717, 1.165) is 0 Å². The lowest BCUT2D eigenvalue weighted by Crippen LogP contribution is -1.95. The van der Waals surface area contributed by atoms with Crippen LogP contribution in [0.5, 0.6) is 5.75 Å². The molecule has 0 amide bonds. The van der Waals surface area contributed by atoms with Crippen molar-refractivity contribution < 1.29 is 5.11 Å². The van der Waals surface area contributed by atoms with E-state index in [1.165, 1.54) is 18.3 Å². The van der Waals surface area contributed by atoms with Gasteiger partial charge in [-0.2, -0.15) is 5.10 Å². The molecule has 0 unspecified atom stereocenters. The summed E-state index contributed by atoms with van der Waals surface area (Å²) in [4.78, 5) is 0. The second-order valence-electron chi connectivity index (χ2n) is 3.44. The summed E-state index contributed by atoms with van der Waals surface area (Å²) < 4.78 is 0. The van der Waals surface area contributed by atoms with Gasteiger partial charge in [-0.3, -0.25) is 5.43 Å². The lowest BCUT2D eigenvalue weighted by Gasteiger charge is -2.02. The summed E-state index contributed by atoms with van der Waals surface area (Å²) >= 11 is 17.2. The van der Waals surface area contributed by atoms with Crippen LogP contribution in [0.25, 0.3) is 0 Å². The van der Waals surface area contributed by atoms with Gasteiger partial charge in [-0.15, -0.1) is 10.2 Å². The van der Waals surface area contributed by atoms with E-state index in [1.54, 1.807) is 12.1 Å². The number of phenols is 1. The van der Waals surface area contributed by atoms with Gasteiger partial charge in [0, 0.05) is 10.6 Å². The predicted octanol–water partition coefficient (Wildman–Crippen LogP) is 3.59. The highest BCUT2D eigenvalue weighted by molar-refractivity contribution is 6.36. The number of nitrogens with one attached hydrogen (secondary N) is 1. The summed E-state index contributed by atoms with van der Waals surface area (Å²) in [6.07, 6.45) is 1.36. The summed E-state index contributed by atoms with van der Waals surface area (Å²) in [5.74, 6) is 0.312. The molecular weight excluding hydrogens is 311 g/mol. The van der Waals surface area contributed by atoms with E-state index in [0.29, 0.717) is 16.4 Å². The third-order valence-electron chi connectivity index (χ3n) is 2.07. The Hall–Kier alpha value is -1.56. The average Bonchev–Trinajstić information content (AvgIpc) is 2.37. The molecule has 98 valence electrons. The maximum absolute atomic E-state index is 9.70. The SMILES string of the molecule is Oc1c(Cl)cc(Cl)cc1/C=N\Nc1ccc(Cl)nn1. The molecule has 0 atom stereocenters. The number of hydrazone groups is 1. The van der Waals surface area contributed by atoms with Gasteiger partial charge in [-0.1, -0.05) is 34.8 Å². The van der Waals surface area contributed by atoms with Gasteiger partial charge in [-0.05, 0) is 24.3 Å². The Morgan fingerprint density at radius 3 is 2.63 bits per heavy atom. The van der Waals surface area contributed by atoms with Crippen molar-refractivity contribution in [2.24, 2.45) is 5.10 Å². The first-order valence-corrected chi connectivity index (χ1v) is 6.16. The van der Waals surface area contributed by atoms with Crippen LogP contribution in [0.1, 0.15) is 5.56 Å². The summed E-state index contributed by atoms with van der Waals surface area (Å²) in [5, 5.41) is 21.8. The van der Waals surface area contributed by atoms with Gasteiger partial charge in [0.25, 0.3) is 0 Å². The molecule has 2 N–H and O–H groups in total. The van der Waals surface area contributed by atoms with Crippen LogP contribution in [-0.2, 0) is 0 Å². The molecule has 5 nitrogen and oxygen atoms in total. The molecule has 8 heteroatoms. The molecule has 0 fully saturated rings. The Bertz CT molecular complexity index is 616. The van der Waals surface area contributed by atoms with E-state index in [1.807, 2.05) is 0 Å². The van der Waals surface area contributed by atoms with Crippen molar-refractivity contribution in [1.29, 1.82) is 0 Å². The third kappa shape index (κ3) is 3.70. The van der Waals surface area contributed by atoms with Crippen LogP contribution in [0.4, 0.5) is 5.82 Å². The second kappa shape index (κ2) is 6.06. The van der Waals surface area contributed by atoms with Crippen molar-refractivity contribution in [2.75, 3.05) is 5.43 Å². The fourth-order valence-corrected chi connectivity index (χ4v) is 1.84. The fourth-order valence-electron chi connectivity index (χ4n) is 1.23. The number of aromatic hydroxyl groups is 1. The van der Waals surface area contributed by atoms with E-state index in [-0.39, 0.29) is 15.9 Å². The van der Waals surface area contributed by atoms with Gasteiger partial charge in [0.15, 0.2) is 11.0 Å². The minimum absolute atomic E-state index is 0.0983. The van der Waals surface area contributed by atoms with Gasteiger partial charge < -0.3 is 5.11 Å². The Labute approximate surface area is 123 Å². The van der Waals surface area contributed by atoms with Crippen LogP contribution in [0, 0.1) is 0 Å². The number of aromatic nitrogens is 2. The standard InChI is InChI=1S/C11H7Cl3N4O/c12-7-3-6(11(19)8(13)4-7)5-15-17-10-2-1-9(14)16-18-10/h1-5,19H,(H,17,18)/b15-5-. The smallest absolute Gasteiger partial charge is 0.168 e. The van der Waals surface area contributed by atoms with Crippen LogP contribution >= 0.6 is 34.8 Å². The van der Waals surface area contributed by atoms with Crippen LogP contribution < -0.4 is 5.43 Å². The minimum Gasteiger partial charge on any atom is -0.506 e. The Kier molecular flexibility index (Phi) is 4.42. The number of nitrogens with zero attached hydrogens (tertiary/aromatic N) is 3. The highest BCUT2D eigenvalue weighted by atomic mass is 35.5. The number of anilines is 1. The van der Waals surface area contributed by atoms with Crippen LogP contribution in [-0.4, -0.2) is 21.5 Å². The quantitative estimate of drug-likeness (QED) is 0.670. The van der Waals surface area contributed by atoms with Crippen molar-refractivity contribution in [3.05, 3.63) is 45.0 Å². The van der Waals surface area contributed by atoms with Gasteiger partial charge in [-0.25, -0.2) is 0 Å². The normalized spacial score (nSPS) is 10.9. The first-order valence-electron chi connectivity index (χ1n) is 5.02. The fraction of sp³-hybridized carbons (Fsp3) is 0. The lowest BCUT2D eigenvalue weighted by molar-refractivity contribution is 0.475. The largest absolute Gasteiger partial charge is 0.506 e. The van der Waals surface area contributed by atoms with E-state index < -0.39 is 0 Å². The number of benzene rings is 1. The van der Waals surface area contributed by atoms with E-state index in [4.69, 9.17) is 34.8 Å². The highest BCUT2D eigenvalue weighted by Gasteiger charge is 2.05. The zero-order valence-electron chi connectivity index (χ0n) is 9.31. The van der Waals surface area contributed by atoms with Gasteiger partial charge >= 0.3 is 0 Å². The summed E-state index contributed by atoms with van der Waals surface area (Å²) in [7, 11) is 0. The zero-order chi connectivity index (χ0) is 13.8. The number of hydrogen-bond acceptors (Lipinski definition) is 5. The highest BCUT2D eigenvalue weighted by Crippen LogP contribution is 2.29. The second-order valence-corrected chi connectivity index (χ2v) is 4.67. The lowest BCUT2D eigenvalue weighted by atomic mass is 10.2. The Balaban J connectivity index is 2.13. The topological polar surface area (TPSA) is 70.4 Å². The first kappa shape index (κ1) is 13.9. The Morgan fingerprint density at radius 1 is 1.16 bits per heavy atom. The molecule has 0 aliphatic carbocycles. The molecule has 0 bridgehead atoms. The monoisotopic (exact) mass is 316 g/mol. The number of phenolic OH excluding ortho intramolecular Hbond substituents is 1. The number of rotatable bonds is 3. The van der Waals surface area contributed by atoms with Gasteiger partial charge in [0.1, 0.15) is 5.75 Å². The molecule has 1 aromatic carbocycles. The van der Waals surface area contributed by atoms with Crippen LogP contribution in [0.2, 0.25) is 15.2 Å². The number of hydrogen-bond donors (Lipinski definition) is 2. The predicted molar refractivity (Wildman–Crippen MR) is 76.4 cm³/mol. The zero-order valence-corrected chi connectivity index (χ0v) is 11.6.